The third-order valence-electron chi connectivity index (χ3n) is 4.73. The zero-order chi connectivity index (χ0) is 14.7. The van der Waals surface area contributed by atoms with Gasteiger partial charge in [0.1, 0.15) is 0 Å². The monoisotopic (exact) mass is 301 g/mol. The first-order valence-electron chi connectivity index (χ1n) is 7.75. The van der Waals surface area contributed by atoms with Crippen LogP contribution in [0, 0.1) is 5.92 Å². The second-order valence-corrected chi connectivity index (χ2v) is 7.21. The van der Waals surface area contributed by atoms with E-state index >= 15 is 0 Å². The van der Waals surface area contributed by atoms with E-state index in [4.69, 9.17) is 5.73 Å². The lowest BCUT2D eigenvalue weighted by atomic mass is 9.89. The summed E-state index contributed by atoms with van der Waals surface area (Å²) in [5.74, 6) is 1.42. The summed E-state index contributed by atoms with van der Waals surface area (Å²) in [6.07, 6.45) is 4.14. The molecule has 1 saturated carbocycles. The van der Waals surface area contributed by atoms with Crippen molar-refractivity contribution in [2.24, 2.45) is 11.7 Å². The Kier molecular flexibility index (Phi) is 4.53. The molecule has 2 unspecified atom stereocenters. The van der Waals surface area contributed by atoms with Crippen LogP contribution >= 0.6 is 11.8 Å². The van der Waals surface area contributed by atoms with E-state index in [1.165, 1.54) is 15.7 Å². The van der Waals surface area contributed by atoms with E-state index in [-0.39, 0.29) is 0 Å². The molecule has 1 aliphatic rings. The van der Waals surface area contributed by atoms with Crippen LogP contribution in [0.15, 0.2) is 47.4 Å². The first-order valence-corrected chi connectivity index (χ1v) is 8.74. The second-order valence-electron chi connectivity index (χ2n) is 6.04. The molecule has 2 nitrogen and oxygen atoms in total. The van der Waals surface area contributed by atoms with Gasteiger partial charge in [0.15, 0.2) is 0 Å². The molecule has 112 valence electrons. The van der Waals surface area contributed by atoms with Crippen LogP contribution in [0.1, 0.15) is 25.7 Å². The van der Waals surface area contributed by atoms with E-state index in [9.17, 15) is 5.11 Å². The lowest BCUT2D eigenvalue weighted by molar-refractivity contribution is 0.0104. The van der Waals surface area contributed by atoms with Crippen molar-refractivity contribution in [2.75, 3.05) is 12.3 Å². The Balaban J connectivity index is 1.59. The minimum absolute atomic E-state index is 0.371. The Morgan fingerprint density at radius 1 is 1.19 bits per heavy atom. The fourth-order valence-electron chi connectivity index (χ4n) is 3.39. The fraction of sp³-hybridized carbons (Fsp3) is 0.444. The molecule has 0 bridgehead atoms. The molecule has 2 aromatic rings. The van der Waals surface area contributed by atoms with Crippen LogP contribution in [0.3, 0.4) is 0 Å². The summed E-state index contributed by atoms with van der Waals surface area (Å²) >= 11 is 1.88. The number of thioether (sulfide) groups is 1. The largest absolute Gasteiger partial charge is 0.388 e. The summed E-state index contributed by atoms with van der Waals surface area (Å²) < 4.78 is 0. The number of hydrogen-bond acceptors (Lipinski definition) is 3. The Morgan fingerprint density at radius 2 is 2.00 bits per heavy atom. The average Bonchev–Trinajstić information content (AvgIpc) is 2.89. The van der Waals surface area contributed by atoms with Gasteiger partial charge in [0, 0.05) is 11.4 Å². The maximum Gasteiger partial charge on any atom is 0.0797 e. The van der Waals surface area contributed by atoms with Crippen LogP contribution < -0.4 is 5.73 Å². The maximum absolute atomic E-state index is 10.5. The molecule has 0 saturated heterocycles. The minimum Gasteiger partial charge on any atom is -0.388 e. The summed E-state index contributed by atoms with van der Waals surface area (Å²) in [6, 6.07) is 15.1. The molecule has 3 rings (SSSR count). The molecule has 3 N–H and O–H groups in total. The molecule has 1 aliphatic carbocycles. The third kappa shape index (κ3) is 3.25. The predicted octanol–water partition coefficient (Wildman–Crippen LogP) is 3.81. The van der Waals surface area contributed by atoms with Gasteiger partial charge in [-0.1, -0.05) is 36.8 Å². The SMILES string of the molecule is NCC1(O)CCCC1CCSc1ccc2ccccc2c1. The Hall–Kier alpha value is -1.03. The van der Waals surface area contributed by atoms with Crippen molar-refractivity contribution >= 4 is 22.5 Å². The molecular formula is C18H23NOS. The second kappa shape index (κ2) is 6.39. The summed E-state index contributed by atoms with van der Waals surface area (Å²) in [5, 5.41) is 13.0. The van der Waals surface area contributed by atoms with E-state index in [1.54, 1.807) is 0 Å². The van der Waals surface area contributed by atoms with E-state index < -0.39 is 5.60 Å². The molecule has 0 aliphatic heterocycles. The van der Waals surface area contributed by atoms with Crippen molar-refractivity contribution in [3.63, 3.8) is 0 Å². The highest BCUT2D eigenvalue weighted by Crippen LogP contribution is 2.38. The van der Waals surface area contributed by atoms with Gasteiger partial charge in [0.25, 0.3) is 0 Å². The van der Waals surface area contributed by atoms with E-state index in [2.05, 4.69) is 42.5 Å². The third-order valence-corrected chi connectivity index (χ3v) is 5.76. The molecule has 2 atom stereocenters. The summed E-state index contributed by atoms with van der Waals surface area (Å²) in [6.45, 7) is 0.401. The standard InChI is InChI=1S/C18H23NOS/c19-13-18(20)10-3-6-16(18)9-11-21-17-8-7-14-4-1-2-5-15(14)12-17/h1-2,4-5,7-8,12,16,20H,3,6,9-11,13,19H2. The Morgan fingerprint density at radius 3 is 2.81 bits per heavy atom. The predicted molar refractivity (Wildman–Crippen MR) is 90.6 cm³/mol. The molecule has 0 heterocycles. The molecule has 3 heteroatoms. The first kappa shape index (κ1) is 14.9. The number of rotatable bonds is 5. The van der Waals surface area contributed by atoms with Crippen LogP contribution in [0.5, 0.6) is 0 Å². The molecular weight excluding hydrogens is 278 g/mol. The molecule has 1 fully saturated rings. The van der Waals surface area contributed by atoms with Gasteiger partial charge in [0.05, 0.1) is 5.60 Å². The molecule has 0 radical (unpaired) electrons. The van der Waals surface area contributed by atoms with Crippen molar-refractivity contribution in [2.45, 2.75) is 36.2 Å². The fourth-order valence-corrected chi connectivity index (χ4v) is 4.40. The minimum atomic E-state index is -0.607. The van der Waals surface area contributed by atoms with Crippen molar-refractivity contribution in [3.8, 4) is 0 Å². The van der Waals surface area contributed by atoms with Crippen LogP contribution in [0.2, 0.25) is 0 Å². The smallest absolute Gasteiger partial charge is 0.0797 e. The lowest BCUT2D eigenvalue weighted by Crippen LogP contribution is -2.41. The van der Waals surface area contributed by atoms with E-state index in [1.807, 2.05) is 11.8 Å². The highest BCUT2D eigenvalue weighted by molar-refractivity contribution is 7.99. The number of fused-ring (bicyclic) bond motifs is 1. The average molecular weight is 301 g/mol. The van der Waals surface area contributed by atoms with E-state index in [0.29, 0.717) is 12.5 Å². The van der Waals surface area contributed by atoms with Gasteiger partial charge in [-0.2, -0.15) is 0 Å². The van der Waals surface area contributed by atoms with Crippen LogP contribution in [-0.4, -0.2) is 23.0 Å². The number of nitrogens with two attached hydrogens (primary N) is 1. The van der Waals surface area contributed by atoms with Gasteiger partial charge < -0.3 is 10.8 Å². The quantitative estimate of drug-likeness (QED) is 0.826. The first-order chi connectivity index (χ1) is 10.2. The van der Waals surface area contributed by atoms with E-state index in [0.717, 1.165) is 31.4 Å². The van der Waals surface area contributed by atoms with Gasteiger partial charge in [-0.15, -0.1) is 11.8 Å². The van der Waals surface area contributed by atoms with Gasteiger partial charge in [-0.25, -0.2) is 0 Å². The molecule has 0 aromatic heterocycles. The number of hydrogen-bond donors (Lipinski definition) is 2. The lowest BCUT2D eigenvalue weighted by Gasteiger charge is -2.28. The van der Waals surface area contributed by atoms with Crippen molar-refractivity contribution < 1.29 is 5.11 Å². The summed E-state index contributed by atoms with van der Waals surface area (Å²) in [5.41, 5.74) is 5.14. The number of aliphatic hydroxyl groups is 1. The van der Waals surface area contributed by atoms with Crippen LogP contribution in [0.25, 0.3) is 10.8 Å². The summed E-state index contributed by atoms with van der Waals surface area (Å²) in [7, 11) is 0. The van der Waals surface area contributed by atoms with Gasteiger partial charge >= 0.3 is 0 Å². The molecule has 2 aromatic carbocycles. The van der Waals surface area contributed by atoms with Crippen LogP contribution in [-0.2, 0) is 0 Å². The molecule has 0 amide bonds. The topological polar surface area (TPSA) is 46.2 Å². The highest BCUT2D eigenvalue weighted by Gasteiger charge is 2.39. The highest BCUT2D eigenvalue weighted by atomic mass is 32.2. The zero-order valence-electron chi connectivity index (χ0n) is 12.3. The Bertz CT molecular complexity index is 615. The normalized spacial score (nSPS) is 25.5. The Labute approximate surface area is 130 Å². The van der Waals surface area contributed by atoms with Crippen molar-refractivity contribution in [1.82, 2.24) is 0 Å². The molecule has 0 spiro atoms. The zero-order valence-corrected chi connectivity index (χ0v) is 13.1. The van der Waals surface area contributed by atoms with Crippen molar-refractivity contribution in [3.05, 3.63) is 42.5 Å². The summed E-state index contributed by atoms with van der Waals surface area (Å²) in [4.78, 5) is 1.31. The number of benzene rings is 2. The molecule has 21 heavy (non-hydrogen) atoms. The maximum atomic E-state index is 10.5. The van der Waals surface area contributed by atoms with Gasteiger partial charge in [0.2, 0.25) is 0 Å². The van der Waals surface area contributed by atoms with Crippen molar-refractivity contribution in [1.29, 1.82) is 0 Å². The van der Waals surface area contributed by atoms with Gasteiger partial charge in [-0.05, 0) is 53.8 Å². The van der Waals surface area contributed by atoms with Crippen LogP contribution in [0.4, 0.5) is 0 Å². The van der Waals surface area contributed by atoms with Gasteiger partial charge in [-0.3, -0.25) is 0 Å².